The van der Waals surface area contributed by atoms with E-state index in [0.29, 0.717) is 6.54 Å². The number of nitrogens with one attached hydrogen (secondary N) is 2. The van der Waals surface area contributed by atoms with Gasteiger partial charge in [-0.3, -0.25) is 10.1 Å². The normalized spacial score (nSPS) is 9.50. The van der Waals surface area contributed by atoms with Crippen molar-refractivity contribution in [1.82, 2.24) is 20.3 Å². The predicted molar refractivity (Wildman–Crippen MR) is 54.9 cm³/mol. The van der Waals surface area contributed by atoms with Gasteiger partial charge in [0.05, 0.1) is 6.20 Å². The largest absolute Gasteiger partial charge is 0.480 e. The SMILES string of the molecule is C=CCNC(=O)Nc1cn(CC(=O)O)nn1. The number of aromatic nitrogens is 3. The fourth-order valence-electron chi connectivity index (χ4n) is 0.897. The summed E-state index contributed by atoms with van der Waals surface area (Å²) in [6.07, 6.45) is 2.85. The van der Waals surface area contributed by atoms with Crippen LogP contribution in [0, 0.1) is 0 Å². The number of carbonyl (C=O) groups is 2. The molecular weight excluding hydrogens is 214 g/mol. The maximum absolute atomic E-state index is 11.1. The van der Waals surface area contributed by atoms with Crippen LogP contribution >= 0.6 is 0 Å². The summed E-state index contributed by atoms with van der Waals surface area (Å²) in [4.78, 5) is 21.5. The van der Waals surface area contributed by atoms with Crippen LogP contribution < -0.4 is 10.6 Å². The molecule has 0 aliphatic heterocycles. The lowest BCUT2D eigenvalue weighted by molar-refractivity contribution is -0.137. The molecule has 16 heavy (non-hydrogen) atoms. The highest BCUT2D eigenvalue weighted by atomic mass is 16.4. The van der Waals surface area contributed by atoms with Crippen molar-refractivity contribution < 1.29 is 14.7 Å². The Balaban J connectivity index is 2.48. The van der Waals surface area contributed by atoms with Crippen molar-refractivity contribution in [2.75, 3.05) is 11.9 Å². The maximum Gasteiger partial charge on any atom is 0.325 e. The van der Waals surface area contributed by atoms with Crippen LogP contribution in [-0.2, 0) is 11.3 Å². The van der Waals surface area contributed by atoms with Crippen LogP contribution in [0.25, 0.3) is 0 Å². The fraction of sp³-hybridized carbons (Fsp3) is 0.250. The third kappa shape index (κ3) is 3.78. The average molecular weight is 225 g/mol. The molecule has 0 saturated carbocycles. The van der Waals surface area contributed by atoms with Gasteiger partial charge in [-0.1, -0.05) is 11.3 Å². The number of aliphatic carboxylic acids is 1. The molecule has 8 heteroatoms. The Kier molecular flexibility index (Phi) is 4.01. The van der Waals surface area contributed by atoms with Crippen molar-refractivity contribution in [1.29, 1.82) is 0 Å². The standard InChI is InChI=1S/C8H11N5O3/c1-2-3-9-8(16)10-6-4-13(12-11-6)5-7(14)15/h2,4H,1,3,5H2,(H,14,15)(H2,9,10,16). The molecule has 1 aromatic rings. The van der Waals surface area contributed by atoms with Gasteiger partial charge in [0.15, 0.2) is 5.82 Å². The zero-order valence-electron chi connectivity index (χ0n) is 8.38. The van der Waals surface area contributed by atoms with E-state index < -0.39 is 12.0 Å². The van der Waals surface area contributed by atoms with Crippen molar-refractivity contribution in [2.45, 2.75) is 6.54 Å². The molecule has 0 atom stereocenters. The number of hydrogen-bond acceptors (Lipinski definition) is 4. The summed E-state index contributed by atoms with van der Waals surface area (Å²) in [6, 6.07) is -0.456. The molecule has 0 spiro atoms. The molecule has 8 nitrogen and oxygen atoms in total. The number of urea groups is 1. The van der Waals surface area contributed by atoms with E-state index in [0.717, 1.165) is 4.68 Å². The number of anilines is 1. The summed E-state index contributed by atoms with van der Waals surface area (Å²) < 4.78 is 1.10. The maximum atomic E-state index is 11.1. The van der Waals surface area contributed by atoms with Crippen LogP contribution in [0.5, 0.6) is 0 Å². The van der Waals surface area contributed by atoms with Gasteiger partial charge in [0.2, 0.25) is 0 Å². The van der Waals surface area contributed by atoms with Crippen molar-refractivity contribution in [3.8, 4) is 0 Å². The molecule has 0 aliphatic rings. The Labute approximate surface area is 90.9 Å². The lowest BCUT2D eigenvalue weighted by Gasteiger charge is -2.00. The molecule has 0 aromatic carbocycles. The Morgan fingerprint density at radius 3 is 3.00 bits per heavy atom. The van der Waals surface area contributed by atoms with Crippen LogP contribution in [-0.4, -0.2) is 38.6 Å². The number of hydrogen-bond donors (Lipinski definition) is 3. The molecule has 0 saturated heterocycles. The molecule has 0 fully saturated rings. The van der Waals surface area contributed by atoms with Crippen molar-refractivity contribution in [3.63, 3.8) is 0 Å². The summed E-state index contributed by atoms with van der Waals surface area (Å²) in [7, 11) is 0. The van der Waals surface area contributed by atoms with Crippen LogP contribution in [0.4, 0.5) is 10.6 Å². The monoisotopic (exact) mass is 225 g/mol. The van der Waals surface area contributed by atoms with Gasteiger partial charge in [0.25, 0.3) is 0 Å². The first-order valence-electron chi connectivity index (χ1n) is 4.39. The molecule has 0 bridgehead atoms. The van der Waals surface area contributed by atoms with Crippen LogP contribution in [0.3, 0.4) is 0 Å². The lowest BCUT2D eigenvalue weighted by atomic mass is 10.6. The summed E-state index contributed by atoms with van der Waals surface area (Å²) >= 11 is 0. The average Bonchev–Trinajstić information content (AvgIpc) is 2.61. The second-order valence-corrected chi connectivity index (χ2v) is 2.82. The quantitative estimate of drug-likeness (QED) is 0.594. The number of rotatable bonds is 5. The van der Waals surface area contributed by atoms with Gasteiger partial charge in [-0.05, 0) is 0 Å². The summed E-state index contributed by atoms with van der Waals surface area (Å²) in [5.41, 5.74) is 0. The molecule has 0 aliphatic carbocycles. The summed E-state index contributed by atoms with van der Waals surface area (Å²) in [5, 5.41) is 20.4. The van der Waals surface area contributed by atoms with Crippen molar-refractivity contribution in [3.05, 3.63) is 18.9 Å². The van der Waals surface area contributed by atoms with E-state index in [9.17, 15) is 9.59 Å². The first-order valence-corrected chi connectivity index (χ1v) is 4.39. The molecule has 0 unspecified atom stereocenters. The first-order chi connectivity index (χ1) is 7.61. The van der Waals surface area contributed by atoms with Crippen LogP contribution in [0.2, 0.25) is 0 Å². The molecule has 0 radical (unpaired) electrons. The highest BCUT2D eigenvalue weighted by Crippen LogP contribution is 1.99. The second kappa shape index (κ2) is 5.49. The minimum Gasteiger partial charge on any atom is -0.480 e. The zero-order chi connectivity index (χ0) is 12.0. The van der Waals surface area contributed by atoms with E-state index in [-0.39, 0.29) is 12.4 Å². The number of nitrogens with zero attached hydrogens (tertiary/aromatic N) is 3. The Bertz CT molecular complexity index is 400. The van der Waals surface area contributed by atoms with Gasteiger partial charge in [-0.25, -0.2) is 9.48 Å². The summed E-state index contributed by atoms with van der Waals surface area (Å²) in [5.74, 6) is -0.852. The molecule has 1 rings (SSSR count). The van der Waals surface area contributed by atoms with E-state index in [1.165, 1.54) is 12.3 Å². The molecule has 1 heterocycles. The second-order valence-electron chi connectivity index (χ2n) is 2.82. The Hall–Kier alpha value is -2.38. The van der Waals surface area contributed by atoms with E-state index in [1.54, 1.807) is 0 Å². The van der Waals surface area contributed by atoms with Gasteiger partial charge in [0.1, 0.15) is 6.54 Å². The van der Waals surface area contributed by atoms with E-state index in [1.807, 2.05) is 0 Å². The fourth-order valence-corrected chi connectivity index (χ4v) is 0.897. The highest BCUT2D eigenvalue weighted by Gasteiger charge is 2.06. The Morgan fingerprint density at radius 2 is 2.38 bits per heavy atom. The molecule has 1 aromatic heterocycles. The van der Waals surface area contributed by atoms with E-state index >= 15 is 0 Å². The van der Waals surface area contributed by atoms with Gasteiger partial charge in [0, 0.05) is 6.54 Å². The van der Waals surface area contributed by atoms with E-state index in [2.05, 4.69) is 27.5 Å². The topological polar surface area (TPSA) is 109 Å². The number of carbonyl (C=O) groups excluding carboxylic acids is 1. The van der Waals surface area contributed by atoms with Gasteiger partial charge in [-0.15, -0.1) is 11.7 Å². The zero-order valence-corrected chi connectivity index (χ0v) is 8.38. The number of amides is 2. The van der Waals surface area contributed by atoms with Gasteiger partial charge >= 0.3 is 12.0 Å². The van der Waals surface area contributed by atoms with Crippen molar-refractivity contribution in [2.24, 2.45) is 0 Å². The third-order valence-electron chi connectivity index (χ3n) is 1.48. The number of carboxylic acid groups (broad SMARTS) is 1. The van der Waals surface area contributed by atoms with Crippen LogP contribution in [0.1, 0.15) is 0 Å². The lowest BCUT2D eigenvalue weighted by Crippen LogP contribution is -2.28. The first kappa shape index (κ1) is 11.7. The molecular formula is C8H11N5O3. The minimum absolute atomic E-state index is 0.183. The smallest absolute Gasteiger partial charge is 0.325 e. The third-order valence-corrected chi connectivity index (χ3v) is 1.48. The van der Waals surface area contributed by atoms with Crippen molar-refractivity contribution >= 4 is 17.8 Å². The van der Waals surface area contributed by atoms with E-state index in [4.69, 9.17) is 5.11 Å². The van der Waals surface area contributed by atoms with Gasteiger partial charge < -0.3 is 10.4 Å². The molecule has 2 amide bonds. The minimum atomic E-state index is -1.03. The highest BCUT2D eigenvalue weighted by molar-refractivity contribution is 5.88. The Morgan fingerprint density at radius 1 is 1.62 bits per heavy atom. The molecule has 3 N–H and O–H groups in total. The summed E-state index contributed by atoms with van der Waals surface area (Å²) in [6.45, 7) is 3.46. The van der Waals surface area contributed by atoms with Crippen LogP contribution in [0.15, 0.2) is 18.9 Å². The predicted octanol–water partition coefficient (Wildman–Crippen LogP) is -0.330. The molecule has 86 valence electrons. The number of carboxylic acids is 1. The van der Waals surface area contributed by atoms with Gasteiger partial charge in [-0.2, -0.15) is 0 Å².